The largest absolute Gasteiger partial charge is 0.491 e. The van der Waals surface area contributed by atoms with Crippen LogP contribution in [0.1, 0.15) is 20.8 Å². The van der Waals surface area contributed by atoms with Crippen molar-refractivity contribution in [2.75, 3.05) is 105 Å². The molecule has 0 fully saturated rings. The van der Waals surface area contributed by atoms with Crippen molar-refractivity contribution < 1.29 is 42.7 Å². The van der Waals surface area contributed by atoms with Crippen LogP contribution in [0.25, 0.3) is 0 Å². The van der Waals surface area contributed by atoms with Crippen molar-refractivity contribution in [3.63, 3.8) is 0 Å². The number of hydrogen-bond acceptors (Lipinski definition) is 10. The lowest BCUT2D eigenvalue weighted by Crippen LogP contribution is -2.36. The third-order valence-corrected chi connectivity index (χ3v) is 4.51. The Morgan fingerprint density at radius 1 is 0.676 bits per heavy atom. The highest BCUT2D eigenvalue weighted by molar-refractivity contribution is 5.67. The summed E-state index contributed by atoms with van der Waals surface area (Å²) in [5.74, 6) is 0.769. The van der Waals surface area contributed by atoms with Crippen LogP contribution in [0, 0.1) is 0 Å². The van der Waals surface area contributed by atoms with E-state index in [0.717, 1.165) is 5.75 Å². The average molecular weight is 531 g/mol. The third kappa shape index (κ3) is 20.6. The van der Waals surface area contributed by atoms with Gasteiger partial charge in [0.2, 0.25) is 0 Å². The van der Waals surface area contributed by atoms with Gasteiger partial charge in [0.15, 0.2) is 0 Å². The quantitative estimate of drug-likeness (QED) is 0.177. The second kappa shape index (κ2) is 20.9. The van der Waals surface area contributed by atoms with Crippen molar-refractivity contribution in [1.82, 2.24) is 4.90 Å². The number of nitrogens with two attached hydrogens (primary N) is 1. The fraction of sp³-hybridized carbons (Fsp3) is 0.731. The molecule has 11 nitrogen and oxygen atoms in total. The fourth-order valence-corrected chi connectivity index (χ4v) is 2.62. The average Bonchev–Trinajstić information content (AvgIpc) is 2.84. The molecule has 1 rings (SSSR count). The summed E-state index contributed by atoms with van der Waals surface area (Å²) in [6.07, 6.45) is -0.362. The van der Waals surface area contributed by atoms with E-state index in [4.69, 9.17) is 43.6 Å². The molecule has 0 saturated carbocycles. The molecular weight excluding hydrogens is 484 g/mol. The third-order valence-electron chi connectivity index (χ3n) is 4.51. The van der Waals surface area contributed by atoms with E-state index in [1.54, 1.807) is 19.2 Å². The zero-order valence-corrected chi connectivity index (χ0v) is 22.9. The molecule has 0 atom stereocenters. The van der Waals surface area contributed by atoms with Gasteiger partial charge in [-0.15, -0.1) is 0 Å². The standard InChI is InChI=1S/C26H46N2O9/c1-26(2,3)37-25(29)28(4)9-10-30-11-12-31-13-14-32-15-16-33-17-18-34-19-20-35-21-22-36-24-7-5-23(27)6-8-24/h5-8H,9-22,27H2,1-4H3. The van der Waals surface area contributed by atoms with Crippen LogP contribution in [0.5, 0.6) is 5.75 Å². The Balaban J connectivity index is 1.73. The van der Waals surface area contributed by atoms with E-state index in [-0.39, 0.29) is 6.09 Å². The summed E-state index contributed by atoms with van der Waals surface area (Å²) < 4.78 is 43.5. The van der Waals surface area contributed by atoms with Crippen molar-refractivity contribution in [3.8, 4) is 5.75 Å². The number of amides is 1. The first kappa shape index (κ1) is 32.9. The van der Waals surface area contributed by atoms with Crippen LogP contribution < -0.4 is 10.5 Å². The molecule has 1 amide bonds. The summed E-state index contributed by atoms with van der Waals surface area (Å²) in [6, 6.07) is 7.25. The van der Waals surface area contributed by atoms with Gasteiger partial charge in [0.05, 0.1) is 79.3 Å². The highest BCUT2D eigenvalue weighted by Gasteiger charge is 2.19. The first-order valence-electron chi connectivity index (χ1n) is 12.7. The lowest BCUT2D eigenvalue weighted by atomic mass is 10.2. The maximum atomic E-state index is 11.8. The van der Waals surface area contributed by atoms with Crippen molar-refractivity contribution in [3.05, 3.63) is 24.3 Å². The van der Waals surface area contributed by atoms with E-state index in [0.29, 0.717) is 98.1 Å². The second-order valence-corrected chi connectivity index (χ2v) is 8.99. The Hall–Kier alpha value is -2.15. The smallest absolute Gasteiger partial charge is 0.410 e. The van der Waals surface area contributed by atoms with Crippen molar-refractivity contribution in [1.29, 1.82) is 0 Å². The Morgan fingerprint density at radius 2 is 1.05 bits per heavy atom. The number of nitrogen functional groups attached to an aromatic ring is 1. The molecule has 0 saturated heterocycles. The normalized spacial score (nSPS) is 11.5. The Kier molecular flexibility index (Phi) is 18.5. The predicted molar refractivity (Wildman–Crippen MR) is 140 cm³/mol. The van der Waals surface area contributed by atoms with Gasteiger partial charge >= 0.3 is 6.09 Å². The topological polar surface area (TPSA) is 120 Å². The van der Waals surface area contributed by atoms with Crippen molar-refractivity contribution in [2.24, 2.45) is 0 Å². The van der Waals surface area contributed by atoms with Gasteiger partial charge in [-0.2, -0.15) is 0 Å². The van der Waals surface area contributed by atoms with E-state index in [1.165, 1.54) is 4.90 Å². The molecule has 2 N–H and O–H groups in total. The molecule has 0 radical (unpaired) electrons. The van der Waals surface area contributed by atoms with E-state index in [2.05, 4.69) is 0 Å². The lowest BCUT2D eigenvalue weighted by molar-refractivity contribution is -0.0188. The molecule has 0 aliphatic carbocycles. The monoisotopic (exact) mass is 530 g/mol. The number of rotatable bonds is 22. The maximum absolute atomic E-state index is 11.8. The Labute approximate surface area is 221 Å². The molecule has 0 spiro atoms. The van der Waals surface area contributed by atoms with E-state index in [9.17, 15) is 4.79 Å². The number of benzene rings is 1. The molecular formula is C26H46N2O9. The summed E-state index contributed by atoms with van der Waals surface area (Å²) in [6.45, 7) is 12.2. The van der Waals surface area contributed by atoms with Gasteiger partial charge in [-0.25, -0.2) is 4.79 Å². The van der Waals surface area contributed by atoms with Gasteiger partial charge in [-0.1, -0.05) is 0 Å². The number of carbonyl (C=O) groups is 1. The van der Waals surface area contributed by atoms with Gasteiger partial charge in [0.1, 0.15) is 18.0 Å². The van der Waals surface area contributed by atoms with Gasteiger partial charge in [0, 0.05) is 19.3 Å². The summed E-state index contributed by atoms with van der Waals surface area (Å²) in [7, 11) is 1.68. The van der Waals surface area contributed by atoms with E-state index < -0.39 is 5.60 Å². The van der Waals surface area contributed by atoms with E-state index in [1.807, 2.05) is 32.9 Å². The Bertz CT molecular complexity index is 684. The van der Waals surface area contributed by atoms with Crippen LogP contribution in [-0.4, -0.2) is 116 Å². The molecule has 1 aromatic rings. The molecule has 11 heteroatoms. The number of hydrogen-bond donors (Lipinski definition) is 1. The molecule has 0 aliphatic heterocycles. The number of ether oxygens (including phenoxy) is 8. The van der Waals surface area contributed by atoms with Gasteiger partial charge in [-0.05, 0) is 45.0 Å². The molecule has 214 valence electrons. The SMILES string of the molecule is CN(CCOCCOCCOCCOCCOCCOCCOc1ccc(N)cc1)C(=O)OC(C)(C)C. The van der Waals surface area contributed by atoms with Crippen LogP contribution in [0.4, 0.5) is 10.5 Å². The highest BCUT2D eigenvalue weighted by Crippen LogP contribution is 2.12. The van der Waals surface area contributed by atoms with Gasteiger partial charge < -0.3 is 48.5 Å². The first-order chi connectivity index (χ1) is 17.8. The molecule has 0 unspecified atom stereocenters. The molecule has 37 heavy (non-hydrogen) atoms. The minimum Gasteiger partial charge on any atom is -0.491 e. The molecule has 0 aliphatic rings. The summed E-state index contributed by atoms with van der Waals surface area (Å²) >= 11 is 0. The zero-order valence-electron chi connectivity index (χ0n) is 22.9. The minimum absolute atomic E-state index is 0.362. The lowest BCUT2D eigenvalue weighted by Gasteiger charge is -2.24. The van der Waals surface area contributed by atoms with Crippen molar-refractivity contribution >= 4 is 11.8 Å². The Morgan fingerprint density at radius 3 is 1.46 bits per heavy atom. The van der Waals surface area contributed by atoms with Crippen LogP contribution >= 0.6 is 0 Å². The van der Waals surface area contributed by atoms with Crippen LogP contribution in [0.2, 0.25) is 0 Å². The van der Waals surface area contributed by atoms with Crippen molar-refractivity contribution in [2.45, 2.75) is 26.4 Å². The predicted octanol–water partition coefficient (Wildman–Crippen LogP) is 2.61. The molecule has 0 aromatic heterocycles. The summed E-state index contributed by atoms with van der Waals surface area (Å²) in [4.78, 5) is 13.3. The van der Waals surface area contributed by atoms with E-state index >= 15 is 0 Å². The number of carbonyl (C=O) groups excluding carboxylic acids is 1. The maximum Gasteiger partial charge on any atom is 0.410 e. The van der Waals surface area contributed by atoms with Gasteiger partial charge in [0.25, 0.3) is 0 Å². The number of anilines is 1. The second-order valence-electron chi connectivity index (χ2n) is 8.99. The first-order valence-corrected chi connectivity index (χ1v) is 12.7. The van der Waals surface area contributed by atoms with Crippen LogP contribution in [0.15, 0.2) is 24.3 Å². The number of likely N-dealkylation sites (N-methyl/N-ethyl adjacent to an activating group) is 1. The van der Waals surface area contributed by atoms with Crippen LogP contribution in [-0.2, 0) is 33.2 Å². The highest BCUT2D eigenvalue weighted by atomic mass is 16.6. The number of nitrogens with zero attached hydrogens (tertiary/aromatic N) is 1. The zero-order chi connectivity index (χ0) is 27.2. The minimum atomic E-state index is -0.505. The fourth-order valence-electron chi connectivity index (χ4n) is 2.62. The molecule has 1 aromatic carbocycles. The summed E-state index contributed by atoms with van der Waals surface area (Å²) in [5.41, 5.74) is 5.83. The van der Waals surface area contributed by atoms with Gasteiger partial charge in [-0.3, -0.25) is 0 Å². The molecule has 0 heterocycles. The van der Waals surface area contributed by atoms with Crippen LogP contribution in [0.3, 0.4) is 0 Å². The summed E-state index contributed by atoms with van der Waals surface area (Å²) in [5, 5.41) is 0. The molecule has 0 bridgehead atoms.